The average Bonchev–Trinajstić information content (AvgIpc) is 3.03. The summed E-state index contributed by atoms with van der Waals surface area (Å²) < 4.78 is 0. The van der Waals surface area contributed by atoms with Gasteiger partial charge >= 0.3 is 41.7 Å². The van der Waals surface area contributed by atoms with Crippen LogP contribution in [-0.2, 0) is 19.2 Å². The first-order valence-electron chi connectivity index (χ1n) is 19.1. The van der Waals surface area contributed by atoms with Crippen LogP contribution in [-0.4, -0.2) is 23.9 Å². The van der Waals surface area contributed by atoms with E-state index in [1.807, 2.05) is 20.8 Å². The van der Waals surface area contributed by atoms with Gasteiger partial charge in [-0.25, -0.2) is 0 Å². The Hall–Kier alpha value is -0.743. The van der Waals surface area contributed by atoms with Gasteiger partial charge in [-0.2, -0.15) is 0 Å². The third-order valence-corrected chi connectivity index (χ3v) is 9.80. The van der Waals surface area contributed by atoms with Crippen LogP contribution in [0, 0.1) is 63.4 Å². The van der Waals surface area contributed by atoms with Gasteiger partial charge in [0.05, 0.1) is 0 Å². The number of carbonyl (C=O) groups is 4. The Bertz CT molecular complexity index is 812. The summed E-state index contributed by atoms with van der Waals surface area (Å²) in [6, 6.07) is 0. The second-order valence-corrected chi connectivity index (χ2v) is 15.0. The van der Waals surface area contributed by atoms with E-state index >= 15 is 0 Å². The number of unbranched alkanes of at least 4 members (excludes halogenated alkanes) is 8. The summed E-state index contributed by atoms with van der Waals surface area (Å²) in [5, 5.41) is 42.9. The Balaban J connectivity index is -0.000000174. The number of rotatable bonds is 24. The molecule has 0 heterocycles. The van der Waals surface area contributed by atoms with Crippen LogP contribution in [0.1, 0.15) is 212 Å². The Morgan fingerprint density at radius 1 is 0.367 bits per heavy atom. The maximum absolute atomic E-state index is 10.8. The first kappa shape index (κ1) is 57.6. The first-order chi connectivity index (χ1) is 22.2. The smallest absolute Gasteiger partial charge is 0.550 e. The predicted molar refractivity (Wildman–Crippen MR) is 190 cm³/mol. The van der Waals surface area contributed by atoms with Gasteiger partial charge in [-0.05, 0) is 44.9 Å². The minimum Gasteiger partial charge on any atom is -0.550 e. The summed E-state index contributed by atoms with van der Waals surface area (Å²) in [7, 11) is 0. The van der Waals surface area contributed by atoms with Crippen molar-refractivity contribution in [1.82, 2.24) is 0 Å². The van der Waals surface area contributed by atoms with Gasteiger partial charge in [-0.3, -0.25) is 0 Å². The Morgan fingerprint density at radius 3 is 0.939 bits per heavy atom. The maximum Gasteiger partial charge on any atom is 4.00 e. The zero-order valence-electron chi connectivity index (χ0n) is 33.9. The van der Waals surface area contributed by atoms with Crippen LogP contribution in [0.5, 0.6) is 0 Å². The van der Waals surface area contributed by atoms with E-state index < -0.39 is 45.5 Å². The van der Waals surface area contributed by atoms with Crippen LogP contribution in [0.25, 0.3) is 0 Å². The number of carboxylic acid groups (broad SMARTS) is 4. The van der Waals surface area contributed by atoms with Crippen molar-refractivity contribution < 1.29 is 81.4 Å². The van der Waals surface area contributed by atoms with Crippen molar-refractivity contribution in [1.29, 1.82) is 0 Å². The molecule has 0 aromatic carbocycles. The fourth-order valence-electron chi connectivity index (χ4n) is 4.92. The number of hydrogen-bond acceptors (Lipinski definition) is 8. The summed E-state index contributed by atoms with van der Waals surface area (Å²) in [6.07, 6.45) is 19.0. The number of carbonyl (C=O) groups excluding carboxylic acids is 4. The average molecular weight is 825 g/mol. The molecule has 0 saturated carbocycles. The molecule has 0 rings (SSSR count). The topological polar surface area (TPSA) is 161 Å². The summed E-state index contributed by atoms with van der Waals surface area (Å²) in [4.78, 5) is 42.9. The minimum absolute atomic E-state index is 0. The molecule has 0 bridgehead atoms. The molecular formula is C40H76CeO8. The molecule has 49 heavy (non-hydrogen) atoms. The third-order valence-electron chi connectivity index (χ3n) is 9.80. The second kappa shape index (κ2) is 33.1. The summed E-state index contributed by atoms with van der Waals surface area (Å²) in [5.41, 5.74) is -2.44. The molecule has 0 fully saturated rings. The van der Waals surface area contributed by atoms with Crippen molar-refractivity contribution in [3.8, 4) is 0 Å². The second-order valence-electron chi connectivity index (χ2n) is 15.0. The largest absolute Gasteiger partial charge is 4.00 e. The zero-order valence-corrected chi connectivity index (χ0v) is 37.0. The molecule has 0 aliphatic rings. The van der Waals surface area contributed by atoms with Gasteiger partial charge in [-0.1, -0.05) is 167 Å². The molecular weight excluding hydrogens is 749 g/mol. The standard InChI is InChI=1S/4C10H20O2.Ce/c1-4-5-6-7-8-10(2,3)9(11)12;2*1-4-6-7-8-10(3,5-2)9(11)12;1-4-6-8-10(3,7-5-2)9(11)12;/h4*4-8H2,1-3H3,(H,11,12);/q;;;;+4/p-4. The van der Waals surface area contributed by atoms with Crippen LogP contribution < -0.4 is 20.4 Å². The number of hydrogen-bond donors (Lipinski definition) is 0. The van der Waals surface area contributed by atoms with Crippen LogP contribution in [0.4, 0.5) is 0 Å². The molecule has 3 atom stereocenters. The van der Waals surface area contributed by atoms with E-state index in [1.165, 1.54) is 12.8 Å². The fourth-order valence-corrected chi connectivity index (χ4v) is 4.92. The molecule has 0 amide bonds. The maximum atomic E-state index is 10.8. The van der Waals surface area contributed by atoms with E-state index in [-0.39, 0.29) is 41.7 Å². The molecule has 0 spiro atoms. The van der Waals surface area contributed by atoms with Crippen molar-refractivity contribution in [3.05, 3.63) is 0 Å². The van der Waals surface area contributed by atoms with Crippen molar-refractivity contribution in [2.45, 2.75) is 212 Å². The van der Waals surface area contributed by atoms with Gasteiger partial charge in [0.1, 0.15) is 0 Å². The molecule has 8 nitrogen and oxygen atoms in total. The molecule has 288 valence electrons. The van der Waals surface area contributed by atoms with Gasteiger partial charge in [0.15, 0.2) is 0 Å². The molecule has 3 unspecified atom stereocenters. The van der Waals surface area contributed by atoms with Crippen LogP contribution in [0.15, 0.2) is 0 Å². The SMILES string of the molecule is CCCCC(C)(CCC)C(=O)[O-].CCCCCC(C)(CC)C(=O)[O-].CCCCCC(C)(CC)C(=O)[O-].CCCCCCC(C)(C)C(=O)[O-].[Ce+4]. The number of aliphatic carboxylic acids is 4. The van der Waals surface area contributed by atoms with Crippen molar-refractivity contribution in [2.75, 3.05) is 0 Å². The summed E-state index contributed by atoms with van der Waals surface area (Å²) >= 11 is 0. The number of carboxylic acids is 4. The van der Waals surface area contributed by atoms with E-state index in [0.717, 1.165) is 103 Å². The minimum atomic E-state index is -0.931. The van der Waals surface area contributed by atoms with Crippen LogP contribution in [0.3, 0.4) is 0 Å². The van der Waals surface area contributed by atoms with E-state index in [0.29, 0.717) is 12.8 Å². The van der Waals surface area contributed by atoms with Gasteiger partial charge in [0, 0.05) is 45.5 Å². The van der Waals surface area contributed by atoms with Crippen molar-refractivity contribution in [3.63, 3.8) is 0 Å². The van der Waals surface area contributed by atoms with Crippen molar-refractivity contribution >= 4 is 23.9 Å². The van der Waals surface area contributed by atoms with Gasteiger partial charge in [0.25, 0.3) is 0 Å². The van der Waals surface area contributed by atoms with Gasteiger partial charge in [0.2, 0.25) is 0 Å². The molecule has 0 saturated heterocycles. The monoisotopic (exact) mass is 824 g/mol. The molecule has 0 N–H and O–H groups in total. The van der Waals surface area contributed by atoms with E-state index in [9.17, 15) is 39.6 Å². The summed E-state index contributed by atoms with van der Waals surface area (Å²) in [5.74, 6) is -3.63. The Morgan fingerprint density at radius 2 is 0.673 bits per heavy atom. The molecule has 0 aromatic rings. The molecule has 0 radical (unpaired) electrons. The van der Waals surface area contributed by atoms with Crippen molar-refractivity contribution in [2.24, 2.45) is 21.7 Å². The van der Waals surface area contributed by atoms with E-state index in [2.05, 4.69) is 27.7 Å². The van der Waals surface area contributed by atoms with E-state index in [1.54, 1.807) is 34.6 Å². The van der Waals surface area contributed by atoms with Crippen LogP contribution >= 0.6 is 0 Å². The normalized spacial score (nSPS) is 14.3. The third kappa shape index (κ3) is 29.5. The predicted octanol–water partition coefficient (Wildman–Crippen LogP) is 6.93. The Kier molecular flexibility index (Phi) is 38.9. The molecule has 9 heteroatoms. The quantitative estimate of drug-likeness (QED) is 0.0948. The van der Waals surface area contributed by atoms with Crippen LogP contribution in [0.2, 0.25) is 0 Å². The zero-order chi connectivity index (χ0) is 38.5. The summed E-state index contributed by atoms with van der Waals surface area (Å²) in [6.45, 7) is 23.1. The first-order valence-corrected chi connectivity index (χ1v) is 19.1. The van der Waals surface area contributed by atoms with Gasteiger partial charge in [-0.15, -0.1) is 0 Å². The van der Waals surface area contributed by atoms with E-state index in [4.69, 9.17) is 0 Å². The fraction of sp³-hybridized carbons (Fsp3) is 0.900. The molecule has 0 aromatic heterocycles. The Labute approximate surface area is 336 Å². The molecule has 0 aliphatic heterocycles. The van der Waals surface area contributed by atoms with Gasteiger partial charge < -0.3 is 39.6 Å². The molecule has 0 aliphatic carbocycles.